The number of hydrogen-bond donors (Lipinski definition) is 5. The summed E-state index contributed by atoms with van der Waals surface area (Å²) in [5, 5.41) is 41.3. The summed E-state index contributed by atoms with van der Waals surface area (Å²) in [5.41, 5.74) is 12.9. The third-order valence-corrected chi connectivity index (χ3v) is 23.8. The highest BCUT2D eigenvalue weighted by Crippen LogP contribution is 2.39. The van der Waals surface area contributed by atoms with Gasteiger partial charge in [0.25, 0.3) is 5.91 Å². The van der Waals surface area contributed by atoms with Crippen LogP contribution in [0.2, 0.25) is 0 Å². The van der Waals surface area contributed by atoms with Gasteiger partial charge in [-0.2, -0.15) is 0 Å². The summed E-state index contributed by atoms with van der Waals surface area (Å²) in [6.07, 6.45) is -1.39. The van der Waals surface area contributed by atoms with E-state index >= 15 is 9.59 Å². The maximum Gasteiger partial charge on any atom is 0.255 e. The van der Waals surface area contributed by atoms with E-state index in [1.807, 2.05) is 133 Å². The van der Waals surface area contributed by atoms with Gasteiger partial charge in [0, 0.05) is 76.2 Å². The maximum atomic E-state index is 15.4. The molecule has 4 aliphatic heterocycles. The molecule has 0 aliphatic carbocycles. The van der Waals surface area contributed by atoms with Crippen LogP contribution in [0.25, 0.3) is 31.3 Å². The number of rotatable bonds is 26. The molecule has 8 atom stereocenters. The van der Waals surface area contributed by atoms with Crippen LogP contribution in [0.3, 0.4) is 0 Å². The molecule has 1 unspecified atom stereocenters. The quantitative estimate of drug-likeness (QED) is 0.0337. The first kappa shape index (κ1) is 74.6. The zero-order valence-electron chi connectivity index (χ0n) is 60.7. The van der Waals surface area contributed by atoms with E-state index in [9.17, 15) is 34.2 Å². The summed E-state index contributed by atoms with van der Waals surface area (Å²) in [7, 11) is 0. The molecule has 27 heteroatoms. The first-order chi connectivity index (χ1) is 50.8. The molecule has 24 nitrogen and oxygen atoms in total. The van der Waals surface area contributed by atoms with Crippen LogP contribution in [-0.2, 0) is 78.1 Å². The molecule has 3 saturated heterocycles. The number of thiazole rings is 3. The van der Waals surface area contributed by atoms with Crippen LogP contribution < -0.4 is 16.0 Å². The van der Waals surface area contributed by atoms with Gasteiger partial charge in [-0.05, 0) is 104 Å². The lowest BCUT2D eigenvalue weighted by molar-refractivity contribution is -0.143. The van der Waals surface area contributed by atoms with Crippen molar-refractivity contribution in [2.45, 2.75) is 181 Å². The second kappa shape index (κ2) is 31.4. The maximum absolute atomic E-state index is 15.4. The van der Waals surface area contributed by atoms with Crippen molar-refractivity contribution in [3.63, 3.8) is 0 Å². The largest absolute Gasteiger partial charge is 0.391 e. The summed E-state index contributed by atoms with van der Waals surface area (Å²) in [6, 6.07) is 30.1. The fourth-order valence-corrected chi connectivity index (χ4v) is 17.4. The molecular formula is C79H88N12O12S3. The van der Waals surface area contributed by atoms with Gasteiger partial charge in [0.05, 0.1) is 84.9 Å². The van der Waals surface area contributed by atoms with Gasteiger partial charge in [-0.25, -0.2) is 15.0 Å². The molecule has 0 radical (unpaired) electrons. The molecule has 0 spiro atoms. The normalized spacial score (nSPS) is 20.0. The Hall–Kier alpha value is -9.64. The number of amides is 7. The SMILES string of the molecule is Cc1ncsc1-c1ccc(CNC(=O)[C@@H]2C[C@@H](OCc3cc(C(C)(C)C(=O)N4C[C@H](O)C[C@H]4C(=O)NCc4ccc(-c5scnc5C)cc4)on3)CN2C(=O)C(c2cc(CC[C@@]3(O)C[C@@H](C(=O)NCc4ccc(-c5scnc5C)cc4)N(C(=O)[C@H](C(C)C)N4Cc5ccccc5C4=O)C3)no2)C(C)C)cc1. The minimum Gasteiger partial charge on any atom is -0.391 e. The summed E-state index contributed by atoms with van der Waals surface area (Å²) >= 11 is 4.65. The second-order valence-corrected chi connectivity index (χ2v) is 32.1. The van der Waals surface area contributed by atoms with Crippen LogP contribution in [0.15, 0.2) is 135 Å². The Morgan fingerprint density at radius 3 is 1.66 bits per heavy atom. The Labute approximate surface area is 626 Å². The van der Waals surface area contributed by atoms with Gasteiger partial charge in [-0.1, -0.05) is 129 Å². The number of hydrogen-bond acceptors (Lipinski definition) is 20. The number of nitrogens with zero attached hydrogens (tertiary/aromatic N) is 9. The van der Waals surface area contributed by atoms with Gasteiger partial charge in [0.15, 0.2) is 5.76 Å². The van der Waals surface area contributed by atoms with Gasteiger partial charge in [-0.15, -0.1) is 34.0 Å². The average molecular weight is 1490 g/mol. The molecule has 7 amide bonds. The number of carbonyl (C=O) groups is 7. The molecule has 3 fully saturated rings. The standard InChI is InChI=1S/C79H88N12O12S3/c1-44(2)66(64-28-56(86-102-64)26-27-79(100)32-63(73(95)82-35-51-18-24-54(25-19-51)70-48(7)85-43-106-70)91(40-79)76(98)67(45(3)4)90-36-55-12-10-11-13-60(55)74(90)96)75(97)88-38-59(31-62(88)72(94)81-34-50-16-22-53(23-17-50)69-47(6)84-42-105-69)101-39-57-29-65(103-87-57)78(8,9)77(99)89-37-58(92)30-61(89)71(93)80-33-49-14-20-52(21-15-49)68-46(5)83-41-104-68/h10-25,28-29,41-45,58-59,61-63,66-67,92,100H,26-27,30-40H2,1-9H3,(H,80,93)(H,81,94)(H,82,95)/t58-,59-,61+,62+,63+,66?,67+,79-/m1/s1. The average Bonchev–Trinajstić information content (AvgIpc) is 1.61. The number of nitrogens with one attached hydrogen (secondary N) is 3. The van der Waals surface area contributed by atoms with Crippen molar-refractivity contribution in [2.75, 3.05) is 19.6 Å². The van der Waals surface area contributed by atoms with E-state index in [4.69, 9.17) is 13.8 Å². The van der Waals surface area contributed by atoms with Crippen LogP contribution in [0, 0.1) is 32.6 Å². The Bertz CT molecular complexity index is 4700. The van der Waals surface area contributed by atoms with E-state index in [0.717, 1.165) is 70.7 Å². The van der Waals surface area contributed by atoms with Crippen molar-refractivity contribution in [1.82, 2.24) is 60.8 Å². The number of benzene rings is 4. The number of ether oxygens (including phenoxy) is 1. The third kappa shape index (κ3) is 15.9. The Kier molecular flexibility index (Phi) is 22.1. The minimum absolute atomic E-state index is 0.00432. The van der Waals surface area contributed by atoms with Crippen molar-refractivity contribution in [1.29, 1.82) is 0 Å². The van der Waals surface area contributed by atoms with E-state index in [1.165, 1.54) is 14.7 Å². The highest BCUT2D eigenvalue weighted by molar-refractivity contribution is 7.14. The van der Waals surface area contributed by atoms with Gasteiger partial charge in [-0.3, -0.25) is 33.6 Å². The van der Waals surface area contributed by atoms with Crippen molar-refractivity contribution in [2.24, 2.45) is 11.8 Å². The lowest BCUT2D eigenvalue weighted by Gasteiger charge is -2.35. The van der Waals surface area contributed by atoms with Crippen molar-refractivity contribution in [3.8, 4) is 31.3 Å². The first-order valence-corrected chi connectivity index (χ1v) is 38.5. The molecule has 106 heavy (non-hydrogen) atoms. The summed E-state index contributed by atoms with van der Waals surface area (Å²) < 4.78 is 18.4. The smallest absolute Gasteiger partial charge is 0.255 e. The number of aliphatic hydroxyl groups is 2. The third-order valence-electron chi connectivity index (χ3n) is 20.9. The number of β-amino-alcohol motifs (C(OH)–C–C–N with tert-alkyl or cyclic N) is 2. The van der Waals surface area contributed by atoms with E-state index in [1.54, 1.807) is 93.6 Å². The molecule has 4 aromatic carbocycles. The minimum atomic E-state index is -1.61. The Morgan fingerprint density at radius 2 is 1.15 bits per heavy atom. The molecule has 5 N–H and O–H groups in total. The van der Waals surface area contributed by atoms with Crippen LogP contribution in [0.5, 0.6) is 0 Å². The molecular weight excluding hydrogens is 1410 g/mol. The zero-order chi connectivity index (χ0) is 74.9. The second-order valence-electron chi connectivity index (χ2n) is 29.5. The van der Waals surface area contributed by atoms with Gasteiger partial charge >= 0.3 is 0 Å². The predicted molar refractivity (Wildman–Crippen MR) is 399 cm³/mol. The summed E-state index contributed by atoms with van der Waals surface area (Å²) in [6.45, 7) is 17.1. The number of carbonyl (C=O) groups excluding carboxylic acids is 7. The van der Waals surface area contributed by atoms with Crippen molar-refractivity contribution < 1.29 is 57.6 Å². The molecule has 0 saturated carbocycles. The predicted octanol–water partition coefficient (Wildman–Crippen LogP) is 10.0. The number of fused-ring (bicyclic) bond motifs is 1. The van der Waals surface area contributed by atoms with Gasteiger partial charge in [0.2, 0.25) is 35.4 Å². The van der Waals surface area contributed by atoms with Gasteiger partial charge < -0.3 is 59.5 Å². The number of aryl methyl sites for hydroxylation is 4. The van der Waals surface area contributed by atoms with E-state index < -0.39 is 88.8 Å². The van der Waals surface area contributed by atoms with E-state index in [0.29, 0.717) is 17.0 Å². The van der Waals surface area contributed by atoms with E-state index in [-0.39, 0.29) is 114 Å². The highest BCUT2D eigenvalue weighted by atomic mass is 32.1. The number of likely N-dealkylation sites (tertiary alicyclic amines) is 3. The first-order valence-electron chi connectivity index (χ1n) is 35.9. The topological polar surface area (TPSA) is 309 Å². The summed E-state index contributed by atoms with van der Waals surface area (Å²) in [4.78, 5) is 124. The summed E-state index contributed by atoms with van der Waals surface area (Å²) in [5.74, 6) is -4.08. The number of aromatic nitrogens is 5. The van der Waals surface area contributed by atoms with Crippen molar-refractivity contribution >= 4 is 75.4 Å². The van der Waals surface area contributed by atoms with Crippen LogP contribution in [0.4, 0.5) is 0 Å². The molecule has 554 valence electrons. The van der Waals surface area contributed by atoms with Crippen LogP contribution in [-0.4, -0.2) is 158 Å². The van der Waals surface area contributed by atoms with Gasteiger partial charge in [0.1, 0.15) is 47.0 Å². The Balaban J connectivity index is 0.686. The fourth-order valence-electron chi connectivity index (χ4n) is 14.9. The molecule has 5 aromatic heterocycles. The molecule has 9 aromatic rings. The lowest BCUT2D eigenvalue weighted by Crippen LogP contribution is -2.55. The fraction of sp³-hybridized carbons (Fsp3) is 0.418. The molecule has 13 rings (SSSR count). The molecule has 0 bridgehead atoms. The number of aliphatic hydroxyl groups excluding tert-OH is 1. The van der Waals surface area contributed by atoms with Crippen LogP contribution >= 0.6 is 34.0 Å². The Morgan fingerprint density at radius 1 is 0.632 bits per heavy atom. The van der Waals surface area contributed by atoms with Crippen LogP contribution in [0.1, 0.15) is 146 Å². The molecule has 9 heterocycles. The highest BCUT2D eigenvalue weighted by Gasteiger charge is 2.52. The zero-order valence-corrected chi connectivity index (χ0v) is 63.2. The monoisotopic (exact) mass is 1490 g/mol. The van der Waals surface area contributed by atoms with Crippen molar-refractivity contribution in [3.05, 3.63) is 194 Å². The molecule has 4 aliphatic rings. The lowest BCUT2D eigenvalue weighted by atomic mass is 9.88. The van der Waals surface area contributed by atoms with E-state index in [2.05, 4.69) is 41.2 Å².